The van der Waals surface area contributed by atoms with E-state index in [1.807, 2.05) is 0 Å². The van der Waals surface area contributed by atoms with Crippen molar-refractivity contribution in [2.75, 3.05) is 17.7 Å². The SMILES string of the molecule is [B]C1([B])NC(=O)c2cnn3c(NC)cc(nc23)Nc2cccc(c2)OC1([B])[B]. The molecule has 1 amide bonds. The molecule has 8 nitrogen and oxygen atoms in total. The average molecular weight is 364 g/mol. The van der Waals surface area contributed by atoms with Crippen LogP contribution in [0.2, 0.25) is 0 Å². The Labute approximate surface area is 166 Å². The van der Waals surface area contributed by atoms with Crippen LogP contribution in [0.1, 0.15) is 10.4 Å². The number of hydrogen-bond donors (Lipinski definition) is 3. The second-order valence-electron chi connectivity index (χ2n) is 6.44. The van der Waals surface area contributed by atoms with Gasteiger partial charge in [0.2, 0.25) is 0 Å². The number of aromatic nitrogens is 3. The van der Waals surface area contributed by atoms with Gasteiger partial charge in [0.25, 0.3) is 5.91 Å². The second-order valence-corrected chi connectivity index (χ2v) is 6.44. The lowest BCUT2D eigenvalue weighted by molar-refractivity contribution is 0.0910. The zero-order chi connectivity index (χ0) is 20.1. The van der Waals surface area contributed by atoms with E-state index in [4.69, 9.17) is 36.1 Å². The Bertz CT molecular complexity index is 1080. The molecule has 4 bridgehead atoms. The third kappa shape index (κ3) is 2.98. The van der Waals surface area contributed by atoms with E-state index < -0.39 is 16.6 Å². The van der Waals surface area contributed by atoms with Crippen molar-refractivity contribution in [1.82, 2.24) is 19.9 Å². The summed E-state index contributed by atoms with van der Waals surface area (Å²) in [5.74, 6) is 0.706. The predicted octanol–water partition coefficient (Wildman–Crippen LogP) is -0.382. The van der Waals surface area contributed by atoms with E-state index in [-0.39, 0.29) is 11.2 Å². The summed E-state index contributed by atoms with van der Waals surface area (Å²) in [6.07, 6.45) is 1.34. The fraction of sp³-hybridized carbons (Fsp3) is 0.188. The summed E-state index contributed by atoms with van der Waals surface area (Å²) in [5.41, 5.74) is 1.05. The Kier molecular flexibility index (Phi) is 4.10. The van der Waals surface area contributed by atoms with Crippen molar-refractivity contribution in [1.29, 1.82) is 0 Å². The van der Waals surface area contributed by atoms with Crippen LogP contribution in [0.5, 0.6) is 5.75 Å². The van der Waals surface area contributed by atoms with Crippen molar-refractivity contribution in [2.45, 2.75) is 10.7 Å². The molecule has 0 saturated carbocycles. The Hall–Kier alpha value is -3.03. The van der Waals surface area contributed by atoms with Crippen molar-refractivity contribution in [2.24, 2.45) is 0 Å². The lowest BCUT2D eigenvalue weighted by Gasteiger charge is -2.44. The number of hydrogen-bond acceptors (Lipinski definition) is 6. The minimum atomic E-state index is -2.12. The number of ether oxygens (including phenoxy) is 1. The first-order valence-electron chi connectivity index (χ1n) is 8.31. The van der Waals surface area contributed by atoms with E-state index in [0.29, 0.717) is 23.1 Å². The maximum atomic E-state index is 12.8. The van der Waals surface area contributed by atoms with Gasteiger partial charge in [-0.15, -0.1) is 0 Å². The van der Waals surface area contributed by atoms with Gasteiger partial charge < -0.3 is 20.7 Å². The fourth-order valence-electron chi connectivity index (χ4n) is 2.78. The Balaban J connectivity index is 1.95. The van der Waals surface area contributed by atoms with E-state index in [0.717, 1.165) is 0 Å². The minimum absolute atomic E-state index is 0.127. The molecule has 8 radical (unpaired) electrons. The smallest absolute Gasteiger partial charge is 0.255 e. The number of benzene rings is 1. The molecule has 0 saturated heterocycles. The number of amides is 1. The number of nitrogens with zero attached hydrogens (tertiary/aromatic N) is 3. The van der Waals surface area contributed by atoms with Crippen molar-refractivity contribution >= 4 is 60.3 Å². The molecule has 0 aliphatic carbocycles. The molecule has 0 fully saturated rings. The molecule has 1 aromatic carbocycles. The van der Waals surface area contributed by atoms with Crippen LogP contribution in [0.3, 0.4) is 0 Å². The zero-order valence-corrected chi connectivity index (χ0v) is 14.9. The number of nitrogens with one attached hydrogen (secondary N) is 3. The van der Waals surface area contributed by atoms with Gasteiger partial charge in [0, 0.05) is 30.3 Å². The molecular formula is C16H12B4N6O2. The van der Waals surface area contributed by atoms with Crippen LogP contribution in [0, 0.1) is 0 Å². The molecule has 0 spiro atoms. The molecule has 4 rings (SSSR count). The molecule has 1 aliphatic heterocycles. The molecule has 3 N–H and O–H groups in total. The average Bonchev–Trinajstić information content (AvgIpc) is 3.04. The second kappa shape index (κ2) is 6.25. The maximum Gasteiger partial charge on any atom is 0.255 e. The van der Waals surface area contributed by atoms with Crippen molar-refractivity contribution in [3.8, 4) is 5.75 Å². The van der Waals surface area contributed by atoms with Gasteiger partial charge >= 0.3 is 0 Å². The topological polar surface area (TPSA) is 92.6 Å². The van der Waals surface area contributed by atoms with Crippen molar-refractivity contribution in [3.63, 3.8) is 0 Å². The molecule has 130 valence electrons. The van der Waals surface area contributed by atoms with Gasteiger partial charge in [-0.2, -0.15) is 9.61 Å². The summed E-state index contributed by atoms with van der Waals surface area (Å²) in [7, 11) is 25.7. The van der Waals surface area contributed by atoms with Gasteiger partial charge in [-0.25, -0.2) is 4.98 Å². The zero-order valence-electron chi connectivity index (χ0n) is 14.9. The van der Waals surface area contributed by atoms with Gasteiger partial charge in [0.1, 0.15) is 38.6 Å². The van der Waals surface area contributed by atoms with Crippen LogP contribution >= 0.6 is 0 Å². The summed E-state index contributed by atoms with van der Waals surface area (Å²) in [6.45, 7) is 0. The third-order valence-corrected chi connectivity index (χ3v) is 4.33. The highest BCUT2D eigenvalue weighted by atomic mass is 16.5. The van der Waals surface area contributed by atoms with Gasteiger partial charge in [-0.05, 0) is 17.5 Å². The normalized spacial score (nSPS) is 17.4. The molecule has 3 aromatic rings. The molecule has 1 aliphatic rings. The Morgan fingerprint density at radius 3 is 2.75 bits per heavy atom. The monoisotopic (exact) mass is 364 g/mol. The predicted molar refractivity (Wildman–Crippen MR) is 109 cm³/mol. The fourth-order valence-corrected chi connectivity index (χ4v) is 2.78. The van der Waals surface area contributed by atoms with E-state index in [9.17, 15) is 4.79 Å². The largest absolute Gasteiger partial charge is 0.506 e. The lowest BCUT2D eigenvalue weighted by atomic mass is 9.40. The summed E-state index contributed by atoms with van der Waals surface area (Å²) < 4.78 is 7.05. The molecule has 0 unspecified atom stereocenters. The highest BCUT2D eigenvalue weighted by Crippen LogP contribution is 2.28. The molecular weight excluding hydrogens is 351 g/mol. The van der Waals surface area contributed by atoms with Crippen molar-refractivity contribution < 1.29 is 9.53 Å². The Morgan fingerprint density at radius 1 is 1.21 bits per heavy atom. The summed E-state index contributed by atoms with van der Waals surface area (Å²) in [4.78, 5) is 17.3. The van der Waals surface area contributed by atoms with Crippen LogP contribution in [-0.4, -0.2) is 69.7 Å². The molecule has 3 heterocycles. The van der Waals surface area contributed by atoms with E-state index >= 15 is 0 Å². The van der Waals surface area contributed by atoms with Crippen LogP contribution in [0.4, 0.5) is 17.3 Å². The minimum Gasteiger partial charge on any atom is -0.506 e. The number of carbonyl (C=O) groups is 1. The Morgan fingerprint density at radius 2 is 2.00 bits per heavy atom. The molecule has 12 heteroatoms. The maximum absolute atomic E-state index is 12.8. The van der Waals surface area contributed by atoms with Crippen molar-refractivity contribution in [3.05, 3.63) is 42.1 Å². The van der Waals surface area contributed by atoms with Gasteiger partial charge in [0.15, 0.2) is 5.65 Å². The van der Waals surface area contributed by atoms with Gasteiger partial charge in [-0.1, -0.05) is 6.07 Å². The first kappa shape index (κ1) is 18.3. The van der Waals surface area contributed by atoms with E-state index in [1.165, 1.54) is 10.7 Å². The quantitative estimate of drug-likeness (QED) is 0.511. The molecule has 2 aromatic heterocycles. The summed E-state index contributed by atoms with van der Waals surface area (Å²) in [5, 5.41) is 8.50. The molecule has 28 heavy (non-hydrogen) atoms. The molecule has 0 atom stereocenters. The van der Waals surface area contributed by atoms with Crippen LogP contribution in [0.25, 0.3) is 5.65 Å². The number of anilines is 3. The summed E-state index contributed by atoms with van der Waals surface area (Å²) >= 11 is 0. The first-order valence-corrected chi connectivity index (χ1v) is 8.31. The number of carbonyl (C=O) groups excluding carboxylic acids is 1. The van der Waals surface area contributed by atoms with E-state index in [2.05, 4.69) is 26.0 Å². The highest BCUT2D eigenvalue weighted by molar-refractivity contribution is 6.54. The third-order valence-electron chi connectivity index (χ3n) is 4.33. The summed E-state index contributed by atoms with van der Waals surface area (Å²) in [6, 6.07) is 8.53. The first-order chi connectivity index (χ1) is 13.2. The van der Waals surface area contributed by atoms with Gasteiger partial charge in [-0.3, -0.25) is 4.79 Å². The van der Waals surface area contributed by atoms with Crippen LogP contribution < -0.4 is 20.7 Å². The highest BCUT2D eigenvalue weighted by Gasteiger charge is 2.39. The van der Waals surface area contributed by atoms with Gasteiger partial charge in [0.05, 0.1) is 21.9 Å². The van der Waals surface area contributed by atoms with Crippen LogP contribution in [0.15, 0.2) is 36.5 Å². The lowest BCUT2D eigenvalue weighted by Crippen LogP contribution is -2.69. The standard InChI is InChI=1S/C16H12B4N6O2/c1-21-12-6-11-23-8-3-2-4-9(5-8)28-16(19,20)15(17,18)25-14(27)10-7-22-26(12)13(10)24-11/h2-7,21H,1H3,(H,23,24)(H,25,27). The van der Waals surface area contributed by atoms with E-state index in [1.54, 1.807) is 37.4 Å². The van der Waals surface area contributed by atoms with Crippen LogP contribution in [-0.2, 0) is 0 Å². The number of fused-ring (bicyclic) bond motifs is 3. The number of rotatable bonds is 1.